The summed E-state index contributed by atoms with van der Waals surface area (Å²) in [5, 5.41) is 5.65. The fraction of sp³-hybridized carbons (Fsp3) is 0.850. The Balaban J connectivity index is 3.10. The summed E-state index contributed by atoms with van der Waals surface area (Å²) >= 11 is 0. The maximum absolute atomic E-state index is 13.4. The van der Waals surface area contributed by atoms with Crippen LogP contribution >= 0.6 is 0 Å². The lowest BCUT2D eigenvalue weighted by Gasteiger charge is -2.36. The molecular formula is C20H37N3O4. The van der Waals surface area contributed by atoms with Crippen LogP contribution in [0.5, 0.6) is 0 Å². The van der Waals surface area contributed by atoms with Crippen molar-refractivity contribution >= 4 is 17.9 Å². The summed E-state index contributed by atoms with van der Waals surface area (Å²) in [6, 6.07) is -1.76. The zero-order valence-corrected chi connectivity index (χ0v) is 18.3. The van der Waals surface area contributed by atoms with Crippen molar-refractivity contribution in [2.24, 2.45) is 17.3 Å². The first-order valence-corrected chi connectivity index (χ1v) is 9.66. The first-order valence-electron chi connectivity index (χ1n) is 9.66. The Hall–Kier alpha value is -1.79. The van der Waals surface area contributed by atoms with Crippen LogP contribution in [0.2, 0.25) is 0 Å². The molecule has 0 saturated carbocycles. The Morgan fingerprint density at radius 2 is 1.63 bits per heavy atom. The Labute approximate surface area is 163 Å². The van der Waals surface area contributed by atoms with Crippen molar-refractivity contribution in [1.82, 2.24) is 15.5 Å². The van der Waals surface area contributed by atoms with Gasteiger partial charge >= 0.3 is 12.0 Å². The van der Waals surface area contributed by atoms with E-state index in [-0.39, 0.29) is 17.7 Å². The lowest BCUT2D eigenvalue weighted by atomic mass is 9.85. The largest absolute Gasteiger partial charge is 0.467 e. The van der Waals surface area contributed by atoms with E-state index in [4.69, 9.17) is 4.74 Å². The molecule has 0 aromatic heterocycles. The molecule has 1 saturated heterocycles. The van der Waals surface area contributed by atoms with Gasteiger partial charge in [0.15, 0.2) is 0 Å². The topological polar surface area (TPSA) is 87.7 Å². The number of nitrogens with zero attached hydrogens (tertiary/aromatic N) is 1. The first kappa shape index (κ1) is 23.2. The number of hydrogen-bond donors (Lipinski definition) is 2. The smallest absolute Gasteiger partial charge is 0.328 e. The molecule has 1 aliphatic rings. The molecule has 0 spiro atoms. The number of rotatable bonds is 4. The normalized spacial score (nSPS) is 21.8. The molecule has 3 atom stereocenters. The molecule has 156 valence electrons. The summed E-state index contributed by atoms with van der Waals surface area (Å²) in [6.45, 7) is 15.9. The first-order chi connectivity index (χ1) is 12.2. The minimum atomic E-state index is -0.752. The second kappa shape index (κ2) is 8.48. The number of carbonyl (C=O) groups excluding carboxylic acids is 3. The fourth-order valence-electron chi connectivity index (χ4n) is 3.51. The number of esters is 1. The molecule has 7 nitrogen and oxygen atoms in total. The average Bonchev–Trinajstić information content (AvgIpc) is 2.93. The van der Waals surface area contributed by atoms with Crippen molar-refractivity contribution in [1.29, 1.82) is 0 Å². The van der Waals surface area contributed by atoms with E-state index in [1.165, 1.54) is 7.11 Å². The SMILES string of the molecule is COC(=O)[C@@H]1C(C(C)C)CCN1C(=O)[C@@H](NC(=O)NC(C)(C)C)C(C)(C)C. The van der Waals surface area contributed by atoms with Crippen molar-refractivity contribution < 1.29 is 19.1 Å². The van der Waals surface area contributed by atoms with Gasteiger partial charge in [-0.2, -0.15) is 0 Å². The van der Waals surface area contributed by atoms with Gasteiger partial charge in [0.2, 0.25) is 5.91 Å². The van der Waals surface area contributed by atoms with Crippen LogP contribution < -0.4 is 10.6 Å². The third-order valence-electron chi connectivity index (χ3n) is 4.90. The maximum Gasteiger partial charge on any atom is 0.328 e. The minimum Gasteiger partial charge on any atom is -0.467 e. The van der Waals surface area contributed by atoms with E-state index in [9.17, 15) is 14.4 Å². The highest BCUT2D eigenvalue weighted by Gasteiger charge is 2.47. The van der Waals surface area contributed by atoms with Gasteiger partial charge in [0.1, 0.15) is 12.1 Å². The molecular weight excluding hydrogens is 346 g/mol. The molecule has 0 aromatic rings. The molecule has 1 aliphatic heterocycles. The molecule has 27 heavy (non-hydrogen) atoms. The summed E-state index contributed by atoms with van der Waals surface area (Å²) in [5.74, 6) is -0.348. The van der Waals surface area contributed by atoms with E-state index in [1.807, 2.05) is 55.4 Å². The maximum atomic E-state index is 13.4. The van der Waals surface area contributed by atoms with Crippen molar-refractivity contribution in [2.75, 3.05) is 13.7 Å². The number of nitrogens with one attached hydrogen (secondary N) is 2. The average molecular weight is 384 g/mol. The number of hydrogen-bond acceptors (Lipinski definition) is 4. The molecule has 3 amide bonds. The summed E-state index contributed by atoms with van der Waals surface area (Å²) in [6.07, 6.45) is 0.744. The highest BCUT2D eigenvalue weighted by Crippen LogP contribution is 2.33. The van der Waals surface area contributed by atoms with Gasteiger partial charge in [-0.3, -0.25) is 4.79 Å². The summed E-state index contributed by atoms with van der Waals surface area (Å²) in [5.41, 5.74) is -0.927. The summed E-state index contributed by atoms with van der Waals surface area (Å²) in [4.78, 5) is 39.8. The number of amides is 3. The predicted molar refractivity (Wildman–Crippen MR) is 105 cm³/mol. The quantitative estimate of drug-likeness (QED) is 0.730. The van der Waals surface area contributed by atoms with E-state index >= 15 is 0 Å². The standard InChI is InChI=1S/C20H37N3O4/c1-12(2)13-10-11-23(14(13)17(25)27-9)16(24)15(19(3,4)5)21-18(26)22-20(6,7)8/h12-15H,10-11H2,1-9H3,(H2,21,22,26)/t13?,14-,15+/m0/s1. The van der Waals surface area contributed by atoms with Gasteiger partial charge in [-0.1, -0.05) is 34.6 Å². The van der Waals surface area contributed by atoms with Crippen LogP contribution in [-0.4, -0.2) is 54.1 Å². The van der Waals surface area contributed by atoms with Gasteiger partial charge in [0.05, 0.1) is 7.11 Å². The van der Waals surface area contributed by atoms with Crippen LogP contribution in [-0.2, 0) is 14.3 Å². The Kier molecular flexibility index (Phi) is 7.30. The zero-order chi connectivity index (χ0) is 21.2. The number of methoxy groups -OCH3 is 1. The van der Waals surface area contributed by atoms with Crippen LogP contribution in [0.4, 0.5) is 4.79 Å². The number of ether oxygens (including phenoxy) is 1. The minimum absolute atomic E-state index is 0.0467. The summed E-state index contributed by atoms with van der Waals surface area (Å²) < 4.78 is 4.97. The molecule has 0 radical (unpaired) electrons. The van der Waals surface area contributed by atoms with Crippen molar-refractivity contribution in [2.45, 2.75) is 79.4 Å². The van der Waals surface area contributed by atoms with E-state index in [0.29, 0.717) is 6.54 Å². The highest BCUT2D eigenvalue weighted by atomic mass is 16.5. The lowest BCUT2D eigenvalue weighted by Crippen LogP contribution is -2.60. The fourth-order valence-corrected chi connectivity index (χ4v) is 3.51. The third kappa shape index (κ3) is 6.11. The van der Waals surface area contributed by atoms with E-state index in [1.54, 1.807) is 4.90 Å². The monoisotopic (exact) mass is 383 g/mol. The van der Waals surface area contributed by atoms with Gasteiger partial charge in [-0.25, -0.2) is 9.59 Å². The van der Waals surface area contributed by atoms with Gasteiger partial charge < -0.3 is 20.3 Å². The molecule has 0 aromatic carbocycles. The van der Waals surface area contributed by atoms with Crippen LogP contribution in [0.15, 0.2) is 0 Å². The molecule has 1 fully saturated rings. The Morgan fingerprint density at radius 1 is 1.07 bits per heavy atom. The second-order valence-electron chi connectivity index (χ2n) is 9.84. The zero-order valence-electron chi connectivity index (χ0n) is 18.3. The number of urea groups is 1. The molecule has 1 heterocycles. The van der Waals surface area contributed by atoms with Crippen LogP contribution in [0.1, 0.15) is 61.8 Å². The number of carbonyl (C=O) groups is 3. The summed E-state index contributed by atoms with van der Waals surface area (Å²) in [7, 11) is 1.34. The van der Waals surface area contributed by atoms with Crippen molar-refractivity contribution in [3.05, 3.63) is 0 Å². The van der Waals surface area contributed by atoms with Gasteiger partial charge in [0.25, 0.3) is 0 Å². The van der Waals surface area contributed by atoms with Gasteiger partial charge in [0, 0.05) is 12.1 Å². The molecule has 0 bridgehead atoms. The third-order valence-corrected chi connectivity index (χ3v) is 4.90. The molecule has 2 N–H and O–H groups in total. The molecule has 7 heteroatoms. The van der Waals surface area contributed by atoms with E-state index < -0.39 is 35.0 Å². The van der Waals surface area contributed by atoms with Crippen LogP contribution in [0.25, 0.3) is 0 Å². The molecule has 0 aliphatic carbocycles. The number of likely N-dealkylation sites (tertiary alicyclic amines) is 1. The van der Waals surface area contributed by atoms with Crippen molar-refractivity contribution in [3.63, 3.8) is 0 Å². The predicted octanol–water partition coefficient (Wildman–Crippen LogP) is 2.54. The Morgan fingerprint density at radius 3 is 2.04 bits per heavy atom. The van der Waals surface area contributed by atoms with Crippen molar-refractivity contribution in [3.8, 4) is 0 Å². The molecule has 1 rings (SSSR count). The lowest BCUT2D eigenvalue weighted by molar-refractivity contribution is -0.154. The van der Waals surface area contributed by atoms with E-state index in [2.05, 4.69) is 10.6 Å². The van der Waals surface area contributed by atoms with Gasteiger partial charge in [-0.05, 0) is 44.4 Å². The van der Waals surface area contributed by atoms with Crippen LogP contribution in [0, 0.1) is 17.3 Å². The highest BCUT2D eigenvalue weighted by molar-refractivity contribution is 5.91. The Bertz CT molecular complexity index is 561. The second-order valence-corrected chi connectivity index (χ2v) is 9.84. The van der Waals surface area contributed by atoms with Gasteiger partial charge in [-0.15, -0.1) is 0 Å². The van der Waals surface area contributed by atoms with Crippen LogP contribution in [0.3, 0.4) is 0 Å². The van der Waals surface area contributed by atoms with E-state index in [0.717, 1.165) is 6.42 Å². The molecule has 1 unspecified atom stereocenters.